The van der Waals surface area contributed by atoms with Gasteiger partial charge in [-0.2, -0.15) is 0 Å². The molecule has 0 saturated carbocycles. The molecule has 0 aromatic heterocycles. The molecule has 2 aliphatic rings. The van der Waals surface area contributed by atoms with Gasteiger partial charge in [-0.3, -0.25) is 0 Å². The van der Waals surface area contributed by atoms with Gasteiger partial charge in [-0.05, 0) is 30.5 Å². The van der Waals surface area contributed by atoms with Gasteiger partial charge in [-0.1, -0.05) is 24.3 Å². The van der Waals surface area contributed by atoms with E-state index in [4.69, 9.17) is 11.5 Å². The Labute approximate surface area is 101 Å². The predicted octanol–water partition coefficient (Wildman–Crippen LogP) is 1.93. The number of benzene rings is 1. The van der Waals surface area contributed by atoms with Crippen LogP contribution in [0.5, 0.6) is 0 Å². The van der Waals surface area contributed by atoms with Gasteiger partial charge in [-0.25, -0.2) is 0 Å². The van der Waals surface area contributed by atoms with Gasteiger partial charge in [-0.15, -0.1) is 0 Å². The number of allylic oxidation sites excluding steroid dienone is 2. The fourth-order valence-corrected chi connectivity index (χ4v) is 2.65. The van der Waals surface area contributed by atoms with E-state index in [-0.39, 0.29) is 0 Å². The van der Waals surface area contributed by atoms with Crippen molar-refractivity contribution in [3.05, 3.63) is 47.8 Å². The Morgan fingerprint density at radius 3 is 2.65 bits per heavy atom. The van der Waals surface area contributed by atoms with Crippen molar-refractivity contribution >= 4 is 11.3 Å². The van der Waals surface area contributed by atoms with E-state index in [0.29, 0.717) is 6.04 Å². The number of fused-ring (bicyclic) bond motifs is 1. The first-order valence-corrected chi connectivity index (χ1v) is 6.06. The van der Waals surface area contributed by atoms with E-state index in [9.17, 15) is 0 Å². The first kappa shape index (κ1) is 10.3. The Morgan fingerprint density at radius 2 is 1.88 bits per heavy atom. The molecule has 4 N–H and O–H groups in total. The molecule has 88 valence electrons. The summed E-state index contributed by atoms with van der Waals surface area (Å²) >= 11 is 0. The van der Waals surface area contributed by atoms with Crippen LogP contribution in [-0.2, 0) is 0 Å². The standard InChI is InChI=1S/C14H17N3/c15-11-5-3-10(4-6-11)13-8-7-12-2-1-9-17(12)14(13)16/h3-8,12H,1-2,9,15-16H2. The normalized spacial score (nSPS) is 23.1. The zero-order valence-electron chi connectivity index (χ0n) is 9.76. The zero-order valence-corrected chi connectivity index (χ0v) is 9.76. The number of rotatable bonds is 1. The van der Waals surface area contributed by atoms with E-state index in [0.717, 1.165) is 29.2 Å². The molecular formula is C14H17N3. The molecule has 0 radical (unpaired) electrons. The second-order valence-corrected chi connectivity index (χ2v) is 4.68. The minimum absolute atomic E-state index is 0.507. The summed E-state index contributed by atoms with van der Waals surface area (Å²) in [6.07, 6.45) is 6.85. The van der Waals surface area contributed by atoms with Gasteiger partial charge in [0.15, 0.2) is 0 Å². The third kappa shape index (κ3) is 1.68. The molecule has 1 aromatic rings. The number of nitrogen functional groups attached to an aromatic ring is 1. The van der Waals surface area contributed by atoms with Crippen molar-refractivity contribution in [3.63, 3.8) is 0 Å². The molecule has 1 fully saturated rings. The number of nitrogens with zero attached hydrogens (tertiary/aromatic N) is 1. The first-order chi connectivity index (χ1) is 8.25. The summed E-state index contributed by atoms with van der Waals surface area (Å²) in [7, 11) is 0. The molecule has 1 atom stereocenters. The van der Waals surface area contributed by atoms with Crippen LogP contribution in [0, 0.1) is 0 Å². The van der Waals surface area contributed by atoms with Crippen LogP contribution in [0.3, 0.4) is 0 Å². The summed E-state index contributed by atoms with van der Waals surface area (Å²) < 4.78 is 0. The smallest absolute Gasteiger partial charge is 0.107 e. The van der Waals surface area contributed by atoms with Crippen molar-refractivity contribution in [2.24, 2.45) is 5.73 Å². The molecule has 2 aliphatic heterocycles. The topological polar surface area (TPSA) is 55.3 Å². The van der Waals surface area contributed by atoms with E-state index < -0.39 is 0 Å². The van der Waals surface area contributed by atoms with Crippen LogP contribution >= 0.6 is 0 Å². The molecule has 3 nitrogen and oxygen atoms in total. The Bertz CT molecular complexity index is 485. The van der Waals surface area contributed by atoms with Crippen LogP contribution in [0.1, 0.15) is 18.4 Å². The number of anilines is 1. The second kappa shape index (κ2) is 3.84. The molecule has 0 amide bonds. The summed E-state index contributed by atoms with van der Waals surface area (Å²) in [5.41, 5.74) is 15.0. The van der Waals surface area contributed by atoms with E-state index in [1.807, 2.05) is 24.3 Å². The Hall–Kier alpha value is -1.90. The lowest BCUT2D eigenvalue weighted by molar-refractivity contribution is 0.360. The minimum Gasteiger partial charge on any atom is -0.399 e. The maximum atomic E-state index is 6.26. The molecule has 3 rings (SSSR count). The largest absolute Gasteiger partial charge is 0.399 e. The molecule has 17 heavy (non-hydrogen) atoms. The van der Waals surface area contributed by atoms with Crippen molar-refractivity contribution < 1.29 is 0 Å². The molecule has 1 aromatic carbocycles. The monoisotopic (exact) mass is 227 g/mol. The third-order valence-corrected chi connectivity index (χ3v) is 3.59. The van der Waals surface area contributed by atoms with Crippen molar-refractivity contribution in [1.29, 1.82) is 0 Å². The molecule has 0 aliphatic carbocycles. The Morgan fingerprint density at radius 1 is 1.12 bits per heavy atom. The highest BCUT2D eigenvalue weighted by Gasteiger charge is 2.27. The molecule has 1 unspecified atom stereocenters. The number of nitrogens with two attached hydrogens (primary N) is 2. The summed E-state index contributed by atoms with van der Waals surface area (Å²) in [4.78, 5) is 2.30. The maximum Gasteiger partial charge on any atom is 0.107 e. The Kier molecular flexibility index (Phi) is 2.32. The van der Waals surface area contributed by atoms with Gasteiger partial charge in [0.2, 0.25) is 0 Å². The van der Waals surface area contributed by atoms with Crippen LogP contribution in [0.25, 0.3) is 5.57 Å². The van der Waals surface area contributed by atoms with Gasteiger partial charge >= 0.3 is 0 Å². The second-order valence-electron chi connectivity index (χ2n) is 4.68. The van der Waals surface area contributed by atoms with Gasteiger partial charge in [0.1, 0.15) is 5.82 Å². The minimum atomic E-state index is 0.507. The fraction of sp³-hybridized carbons (Fsp3) is 0.286. The van der Waals surface area contributed by atoms with Crippen LogP contribution < -0.4 is 11.5 Å². The molecule has 0 spiro atoms. The SMILES string of the molecule is NC1=C(c2ccc(N)cc2)C=CC2CCCN12. The molecular weight excluding hydrogens is 210 g/mol. The lowest BCUT2D eigenvalue weighted by Gasteiger charge is -2.30. The summed E-state index contributed by atoms with van der Waals surface area (Å²) in [6.45, 7) is 1.07. The average molecular weight is 227 g/mol. The molecule has 0 bridgehead atoms. The van der Waals surface area contributed by atoms with E-state index in [1.165, 1.54) is 12.8 Å². The van der Waals surface area contributed by atoms with Gasteiger partial charge in [0.05, 0.1) is 0 Å². The quantitative estimate of drug-likeness (QED) is 0.721. The number of hydrogen-bond donors (Lipinski definition) is 2. The summed E-state index contributed by atoms with van der Waals surface area (Å²) in [6, 6.07) is 8.39. The van der Waals surface area contributed by atoms with Gasteiger partial charge in [0, 0.05) is 23.8 Å². The van der Waals surface area contributed by atoms with E-state index >= 15 is 0 Å². The van der Waals surface area contributed by atoms with E-state index in [1.54, 1.807) is 0 Å². The van der Waals surface area contributed by atoms with Crippen molar-refractivity contribution in [2.45, 2.75) is 18.9 Å². The number of hydrogen-bond acceptors (Lipinski definition) is 3. The first-order valence-electron chi connectivity index (χ1n) is 6.06. The predicted molar refractivity (Wildman–Crippen MR) is 70.8 cm³/mol. The van der Waals surface area contributed by atoms with Gasteiger partial charge < -0.3 is 16.4 Å². The molecule has 2 heterocycles. The lowest BCUT2D eigenvalue weighted by atomic mass is 10.0. The lowest BCUT2D eigenvalue weighted by Crippen LogP contribution is -2.34. The van der Waals surface area contributed by atoms with E-state index in [2.05, 4.69) is 17.1 Å². The molecule has 1 saturated heterocycles. The van der Waals surface area contributed by atoms with Crippen molar-refractivity contribution in [2.75, 3.05) is 12.3 Å². The van der Waals surface area contributed by atoms with Gasteiger partial charge in [0.25, 0.3) is 0 Å². The van der Waals surface area contributed by atoms with Crippen LogP contribution in [0.4, 0.5) is 5.69 Å². The average Bonchev–Trinajstić information content (AvgIpc) is 2.80. The van der Waals surface area contributed by atoms with Crippen molar-refractivity contribution in [3.8, 4) is 0 Å². The highest BCUT2D eigenvalue weighted by molar-refractivity contribution is 5.77. The van der Waals surface area contributed by atoms with Crippen molar-refractivity contribution in [1.82, 2.24) is 4.90 Å². The maximum absolute atomic E-state index is 6.26. The highest BCUT2D eigenvalue weighted by atomic mass is 15.2. The zero-order chi connectivity index (χ0) is 11.8. The summed E-state index contributed by atoms with van der Waals surface area (Å²) in [5.74, 6) is 0.903. The fourth-order valence-electron chi connectivity index (χ4n) is 2.65. The highest BCUT2D eigenvalue weighted by Crippen LogP contribution is 2.31. The Balaban J connectivity index is 2.00. The van der Waals surface area contributed by atoms with Crippen LogP contribution in [-0.4, -0.2) is 17.5 Å². The third-order valence-electron chi connectivity index (χ3n) is 3.59. The molecule has 3 heteroatoms. The van der Waals surface area contributed by atoms with Crippen LogP contribution in [0.2, 0.25) is 0 Å². The van der Waals surface area contributed by atoms with Crippen LogP contribution in [0.15, 0.2) is 42.2 Å². The summed E-state index contributed by atoms with van der Waals surface area (Å²) in [5, 5.41) is 0.